The highest BCUT2D eigenvalue weighted by Gasteiger charge is 2.01. The zero-order valence-electron chi connectivity index (χ0n) is 9.01. The van der Waals surface area contributed by atoms with E-state index in [2.05, 4.69) is 17.2 Å². The highest BCUT2D eigenvalue weighted by atomic mass is 16.5. The number of amides is 1. The van der Waals surface area contributed by atoms with Gasteiger partial charge >= 0.3 is 0 Å². The molecule has 2 N–H and O–H groups in total. The lowest BCUT2D eigenvalue weighted by Gasteiger charge is -2.09. The SMILES string of the molecule is C=CC(C)NCC(=O)NCCCOC. The molecule has 82 valence electrons. The summed E-state index contributed by atoms with van der Waals surface area (Å²) in [6, 6.07) is 0.166. The molecule has 1 atom stereocenters. The quantitative estimate of drug-likeness (QED) is 0.438. The average molecular weight is 200 g/mol. The predicted octanol–water partition coefficient (Wildman–Crippen LogP) is 0.303. The third kappa shape index (κ3) is 7.76. The van der Waals surface area contributed by atoms with E-state index in [-0.39, 0.29) is 11.9 Å². The summed E-state index contributed by atoms with van der Waals surface area (Å²) < 4.78 is 4.86. The van der Waals surface area contributed by atoms with Gasteiger partial charge in [0, 0.05) is 26.3 Å². The van der Waals surface area contributed by atoms with Crippen LogP contribution in [0, 0.1) is 0 Å². The van der Waals surface area contributed by atoms with E-state index in [9.17, 15) is 4.79 Å². The Morgan fingerprint density at radius 3 is 2.93 bits per heavy atom. The van der Waals surface area contributed by atoms with Crippen molar-refractivity contribution in [2.75, 3.05) is 26.8 Å². The molecule has 0 aromatic carbocycles. The second-order valence-electron chi connectivity index (χ2n) is 3.10. The Labute approximate surface area is 85.7 Å². The summed E-state index contributed by atoms with van der Waals surface area (Å²) in [7, 11) is 1.65. The Kier molecular flexibility index (Phi) is 8.17. The number of methoxy groups -OCH3 is 1. The van der Waals surface area contributed by atoms with Crippen LogP contribution < -0.4 is 10.6 Å². The van der Waals surface area contributed by atoms with Gasteiger partial charge < -0.3 is 15.4 Å². The molecule has 0 saturated heterocycles. The lowest BCUT2D eigenvalue weighted by atomic mass is 10.3. The van der Waals surface area contributed by atoms with Crippen LogP contribution in [0.1, 0.15) is 13.3 Å². The van der Waals surface area contributed by atoms with E-state index in [1.165, 1.54) is 0 Å². The first kappa shape index (κ1) is 13.1. The number of rotatable bonds is 8. The van der Waals surface area contributed by atoms with E-state index >= 15 is 0 Å². The monoisotopic (exact) mass is 200 g/mol. The van der Waals surface area contributed by atoms with Crippen LogP contribution in [0.5, 0.6) is 0 Å². The molecule has 0 saturated carbocycles. The van der Waals surface area contributed by atoms with Gasteiger partial charge in [-0.3, -0.25) is 4.79 Å². The van der Waals surface area contributed by atoms with Crippen LogP contribution in [0.15, 0.2) is 12.7 Å². The number of nitrogens with one attached hydrogen (secondary N) is 2. The van der Waals surface area contributed by atoms with Crippen LogP contribution in [0.4, 0.5) is 0 Å². The molecule has 0 bridgehead atoms. The standard InChI is InChI=1S/C10H20N2O2/c1-4-9(2)12-8-10(13)11-6-5-7-14-3/h4,9,12H,1,5-8H2,2-3H3,(H,11,13). The van der Waals surface area contributed by atoms with Gasteiger partial charge in [0.25, 0.3) is 0 Å². The van der Waals surface area contributed by atoms with Crippen LogP contribution in [0.25, 0.3) is 0 Å². The van der Waals surface area contributed by atoms with Gasteiger partial charge in [0.15, 0.2) is 0 Å². The molecule has 4 nitrogen and oxygen atoms in total. The van der Waals surface area contributed by atoms with E-state index in [0.717, 1.165) is 6.42 Å². The van der Waals surface area contributed by atoms with Crippen molar-refractivity contribution < 1.29 is 9.53 Å². The molecule has 0 heterocycles. The maximum Gasteiger partial charge on any atom is 0.233 e. The van der Waals surface area contributed by atoms with Crippen LogP contribution in [-0.2, 0) is 9.53 Å². The van der Waals surface area contributed by atoms with Crippen molar-refractivity contribution in [2.45, 2.75) is 19.4 Å². The van der Waals surface area contributed by atoms with Gasteiger partial charge in [-0.1, -0.05) is 6.08 Å². The number of carbonyl (C=O) groups excluding carboxylic acids is 1. The fourth-order valence-electron chi connectivity index (χ4n) is 0.844. The van der Waals surface area contributed by atoms with Gasteiger partial charge in [-0.25, -0.2) is 0 Å². The van der Waals surface area contributed by atoms with E-state index in [0.29, 0.717) is 19.7 Å². The highest BCUT2D eigenvalue weighted by molar-refractivity contribution is 5.77. The summed E-state index contributed by atoms with van der Waals surface area (Å²) in [6.45, 7) is 7.24. The van der Waals surface area contributed by atoms with Crippen molar-refractivity contribution in [3.8, 4) is 0 Å². The lowest BCUT2D eigenvalue weighted by Crippen LogP contribution is -2.37. The molecule has 0 fully saturated rings. The zero-order valence-corrected chi connectivity index (χ0v) is 9.01. The smallest absolute Gasteiger partial charge is 0.233 e. The number of hydrogen-bond acceptors (Lipinski definition) is 3. The van der Waals surface area contributed by atoms with Crippen molar-refractivity contribution >= 4 is 5.91 Å². The molecule has 0 aliphatic heterocycles. The fourth-order valence-corrected chi connectivity index (χ4v) is 0.844. The topological polar surface area (TPSA) is 50.4 Å². The van der Waals surface area contributed by atoms with Gasteiger partial charge in [-0.2, -0.15) is 0 Å². The molecule has 0 aromatic heterocycles. The summed E-state index contributed by atoms with van der Waals surface area (Å²) >= 11 is 0. The Hall–Kier alpha value is -0.870. The third-order valence-electron chi connectivity index (χ3n) is 1.79. The maximum absolute atomic E-state index is 11.2. The predicted molar refractivity (Wildman–Crippen MR) is 57.2 cm³/mol. The van der Waals surface area contributed by atoms with Crippen LogP contribution in [-0.4, -0.2) is 38.8 Å². The first-order valence-corrected chi connectivity index (χ1v) is 4.82. The normalized spacial score (nSPS) is 12.1. The zero-order chi connectivity index (χ0) is 10.8. The first-order chi connectivity index (χ1) is 6.70. The Morgan fingerprint density at radius 2 is 2.36 bits per heavy atom. The van der Waals surface area contributed by atoms with Crippen LogP contribution >= 0.6 is 0 Å². The van der Waals surface area contributed by atoms with E-state index < -0.39 is 0 Å². The van der Waals surface area contributed by atoms with Crippen LogP contribution in [0.3, 0.4) is 0 Å². The van der Waals surface area contributed by atoms with Crippen molar-refractivity contribution in [3.05, 3.63) is 12.7 Å². The number of carbonyl (C=O) groups is 1. The summed E-state index contributed by atoms with van der Waals surface area (Å²) in [5.74, 6) is 0.00908. The average Bonchev–Trinajstić information content (AvgIpc) is 2.21. The number of ether oxygens (including phenoxy) is 1. The molecule has 0 spiro atoms. The van der Waals surface area contributed by atoms with Crippen molar-refractivity contribution in [2.24, 2.45) is 0 Å². The Morgan fingerprint density at radius 1 is 1.64 bits per heavy atom. The molecule has 0 aliphatic carbocycles. The minimum atomic E-state index is 0.00908. The van der Waals surface area contributed by atoms with Crippen LogP contribution in [0.2, 0.25) is 0 Å². The van der Waals surface area contributed by atoms with E-state index in [4.69, 9.17) is 4.74 Å². The molecule has 1 amide bonds. The molecule has 0 radical (unpaired) electrons. The molecular weight excluding hydrogens is 180 g/mol. The molecule has 0 aromatic rings. The van der Waals surface area contributed by atoms with E-state index in [1.807, 2.05) is 6.92 Å². The first-order valence-electron chi connectivity index (χ1n) is 4.82. The summed E-state index contributed by atoms with van der Waals surface area (Å²) in [4.78, 5) is 11.2. The largest absolute Gasteiger partial charge is 0.385 e. The summed E-state index contributed by atoms with van der Waals surface area (Å²) in [5, 5.41) is 5.79. The summed E-state index contributed by atoms with van der Waals surface area (Å²) in [6.07, 6.45) is 2.61. The lowest BCUT2D eigenvalue weighted by molar-refractivity contribution is -0.120. The van der Waals surface area contributed by atoms with Crippen molar-refractivity contribution in [1.29, 1.82) is 0 Å². The maximum atomic E-state index is 11.2. The molecule has 0 aliphatic rings. The van der Waals surface area contributed by atoms with Crippen molar-refractivity contribution in [3.63, 3.8) is 0 Å². The summed E-state index contributed by atoms with van der Waals surface area (Å²) in [5.41, 5.74) is 0. The minimum Gasteiger partial charge on any atom is -0.385 e. The van der Waals surface area contributed by atoms with Gasteiger partial charge in [0.1, 0.15) is 0 Å². The van der Waals surface area contributed by atoms with Gasteiger partial charge in [0.05, 0.1) is 6.54 Å². The molecule has 0 rings (SSSR count). The third-order valence-corrected chi connectivity index (χ3v) is 1.79. The second-order valence-corrected chi connectivity index (χ2v) is 3.10. The molecule has 14 heavy (non-hydrogen) atoms. The Balaban J connectivity index is 3.32. The molecule has 4 heteroatoms. The molecule has 1 unspecified atom stereocenters. The van der Waals surface area contributed by atoms with Crippen molar-refractivity contribution in [1.82, 2.24) is 10.6 Å². The fraction of sp³-hybridized carbons (Fsp3) is 0.700. The van der Waals surface area contributed by atoms with Gasteiger partial charge in [-0.05, 0) is 13.3 Å². The molecular formula is C10H20N2O2. The second kappa shape index (κ2) is 8.72. The number of hydrogen-bond donors (Lipinski definition) is 2. The van der Waals surface area contributed by atoms with Gasteiger partial charge in [-0.15, -0.1) is 6.58 Å². The Bertz CT molecular complexity index is 172. The van der Waals surface area contributed by atoms with Gasteiger partial charge in [0.2, 0.25) is 5.91 Å². The van der Waals surface area contributed by atoms with E-state index in [1.54, 1.807) is 13.2 Å². The highest BCUT2D eigenvalue weighted by Crippen LogP contribution is 1.80. The minimum absolute atomic E-state index is 0.00908.